The predicted octanol–water partition coefficient (Wildman–Crippen LogP) is 2.92. The minimum Gasteiger partial charge on any atom is -0.481 e. The number of aliphatic carboxylic acids is 1. The Labute approximate surface area is 121 Å². The first-order valence-corrected chi connectivity index (χ1v) is 7.77. The Hall–Kier alpha value is -1.69. The highest BCUT2D eigenvalue weighted by molar-refractivity contribution is 7.15. The van der Waals surface area contributed by atoms with Crippen molar-refractivity contribution in [3.8, 4) is 10.7 Å². The van der Waals surface area contributed by atoms with Gasteiger partial charge in [0.05, 0.1) is 11.4 Å². The molecular weight excluding hydrogens is 274 g/mol. The molecule has 0 aliphatic heterocycles. The summed E-state index contributed by atoms with van der Waals surface area (Å²) in [6, 6.07) is 1.95. The number of carboxylic acids is 1. The topological polar surface area (TPSA) is 68.0 Å². The Morgan fingerprint density at radius 3 is 3.20 bits per heavy atom. The van der Waals surface area contributed by atoms with Crippen molar-refractivity contribution in [3.63, 3.8) is 0 Å². The quantitative estimate of drug-likeness (QED) is 0.940. The van der Waals surface area contributed by atoms with Crippen molar-refractivity contribution in [1.29, 1.82) is 0 Å². The predicted molar refractivity (Wildman–Crippen MR) is 76.9 cm³/mol. The van der Waals surface area contributed by atoms with Gasteiger partial charge in [-0.15, -0.1) is 11.3 Å². The number of aromatic nitrogens is 3. The van der Waals surface area contributed by atoms with Gasteiger partial charge >= 0.3 is 5.97 Å². The highest BCUT2D eigenvalue weighted by Gasteiger charge is 2.30. The van der Waals surface area contributed by atoms with Crippen LogP contribution in [0.2, 0.25) is 0 Å². The van der Waals surface area contributed by atoms with E-state index in [0.717, 1.165) is 47.1 Å². The lowest BCUT2D eigenvalue weighted by Gasteiger charge is -2.16. The molecule has 20 heavy (non-hydrogen) atoms. The number of aryl methyl sites for hydroxylation is 2. The van der Waals surface area contributed by atoms with E-state index in [1.807, 2.05) is 10.7 Å². The van der Waals surface area contributed by atoms with Crippen molar-refractivity contribution in [1.82, 2.24) is 14.8 Å². The number of fused-ring (bicyclic) bond motifs is 1. The normalized spacial score (nSPS) is 17.9. The van der Waals surface area contributed by atoms with E-state index in [1.54, 1.807) is 17.5 Å². The van der Waals surface area contributed by atoms with E-state index in [-0.39, 0.29) is 0 Å². The average molecular weight is 291 g/mol. The molecule has 2 heterocycles. The first-order chi connectivity index (χ1) is 9.70. The molecule has 2 aromatic rings. The standard InChI is InChI=1S/C14H17N3O2S/c1-2-8-17-10(6-7-15-17)13-16-12-9(14(18)19)4-3-5-11(12)20-13/h6-7,9H,2-5,8H2,1H3,(H,18,19). The van der Waals surface area contributed by atoms with Crippen LogP contribution in [-0.4, -0.2) is 25.8 Å². The molecule has 0 saturated heterocycles. The van der Waals surface area contributed by atoms with Crippen molar-refractivity contribution in [2.45, 2.75) is 45.1 Å². The number of thiazole rings is 1. The maximum atomic E-state index is 11.3. The van der Waals surface area contributed by atoms with Gasteiger partial charge in [-0.05, 0) is 31.7 Å². The van der Waals surface area contributed by atoms with Crippen molar-refractivity contribution in [2.24, 2.45) is 0 Å². The first-order valence-electron chi connectivity index (χ1n) is 6.95. The van der Waals surface area contributed by atoms with Gasteiger partial charge in [-0.2, -0.15) is 5.10 Å². The second kappa shape index (κ2) is 5.36. The van der Waals surface area contributed by atoms with Gasteiger partial charge in [0, 0.05) is 17.6 Å². The summed E-state index contributed by atoms with van der Waals surface area (Å²) >= 11 is 1.62. The summed E-state index contributed by atoms with van der Waals surface area (Å²) in [6.45, 7) is 2.97. The lowest BCUT2D eigenvalue weighted by Crippen LogP contribution is -2.17. The molecule has 0 fully saturated rings. The molecule has 1 aliphatic carbocycles. The summed E-state index contributed by atoms with van der Waals surface area (Å²) in [7, 11) is 0. The number of hydrogen-bond donors (Lipinski definition) is 1. The fourth-order valence-electron chi connectivity index (χ4n) is 2.67. The van der Waals surface area contributed by atoms with Crippen LogP contribution in [0.25, 0.3) is 10.7 Å². The highest BCUT2D eigenvalue weighted by atomic mass is 32.1. The van der Waals surface area contributed by atoms with Crippen molar-refractivity contribution < 1.29 is 9.90 Å². The maximum absolute atomic E-state index is 11.3. The third-order valence-corrected chi connectivity index (χ3v) is 4.78. The lowest BCUT2D eigenvalue weighted by atomic mass is 9.91. The minimum absolute atomic E-state index is 0.439. The zero-order valence-electron chi connectivity index (χ0n) is 11.4. The summed E-state index contributed by atoms with van der Waals surface area (Å²) in [4.78, 5) is 17.1. The Balaban J connectivity index is 2.00. The highest BCUT2D eigenvalue weighted by Crippen LogP contribution is 2.38. The van der Waals surface area contributed by atoms with Gasteiger partial charge in [0.25, 0.3) is 0 Å². The molecule has 1 N–H and O–H groups in total. The SMILES string of the molecule is CCCn1nccc1-c1nc2c(s1)CCCC2C(=O)O. The van der Waals surface area contributed by atoms with Crippen LogP contribution in [0.4, 0.5) is 0 Å². The molecule has 0 aromatic carbocycles. The second-order valence-corrected chi connectivity index (χ2v) is 6.13. The zero-order valence-corrected chi connectivity index (χ0v) is 12.2. The van der Waals surface area contributed by atoms with E-state index in [9.17, 15) is 9.90 Å². The van der Waals surface area contributed by atoms with Crippen LogP contribution < -0.4 is 0 Å². The van der Waals surface area contributed by atoms with Gasteiger partial charge in [0.15, 0.2) is 0 Å². The molecular formula is C14H17N3O2S. The lowest BCUT2D eigenvalue weighted by molar-refractivity contribution is -0.139. The smallest absolute Gasteiger partial charge is 0.312 e. The van der Waals surface area contributed by atoms with Crippen molar-refractivity contribution in [2.75, 3.05) is 0 Å². The van der Waals surface area contributed by atoms with Crippen LogP contribution >= 0.6 is 11.3 Å². The molecule has 0 amide bonds. The van der Waals surface area contributed by atoms with E-state index < -0.39 is 11.9 Å². The van der Waals surface area contributed by atoms with Gasteiger partial charge in [-0.25, -0.2) is 4.98 Å². The molecule has 1 atom stereocenters. The molecule has 106 valence electrons. The number of carboxylic acid groups (broad SMARTS) is 1. The zero-order chi connectivity index (χ0) is 14.1. The minimum atomic E-state index is -0.759. The van der Waals surface area contributed by atoms with Gasteiger partial charge in [-0.1, -0.05) is 6.92 Å². The fraction of sp³-hybridized carbons (Fsp3) is 0.500. The van der Waals surface area contributed by atoms with Crippen molar-refractivity contribution in [3.05, 3.63) is 22.8 Å². The van der Waals surface area contributed by atoms with Crippen LogP contribution in [0.5, 0.6) is 0 Å². The monoisotopic (exact) mass is 291 g/mol. The molecule has 6 heteroatoms. The Morgan fingerprint density at radius 1 is 1.60 bits per heavy atom. The second-order valence-electron chi connectivity index (χ2n) is 5.05. The molecule has 0 bridgehead atoms. The Morgan fingerprint density at radius 2 is 2.45 bits per heavy atom. The summed E-state index contributed by atoms with van der Waals surface area (Å²) in [6.07, 6.45) is 5.36. The molecule has 3 rings (SSSR count). The number of nitrogens with zero attached hydrogens (tertiary/aromatic N) is 3. The number of carbonyl (C=O) groups is 1. The molecule has 1 unspecified atom stereocenters. The molecule has 0 spiro atoms. The first kappa shape index (κ1) is 13.3. The van der Waals surface area contributed by atoms with Crippen molar-refractivity contribution >= 4 is 17.3 Å². The molecule has 2 aromatic heterocycles. The molecule has 0 radical (unpaired) electrons. The van der Waals surface area contributed by atoms with E-state index in [4.69, 9.17) is 0 Å². The summed E-state index contributed by atoms with van der Waals surface area (Å²) in [5.41, 5.74) is 1.77. The van der Waals surface area contributed by atoms with Gasteiger partial charge < -0.3 is 5.11 Å². The summed E-state index contributed by atoms with van der Waals surface area (Å²) in [5, 5.41) is 14.5. The van der Waals surface area contributed by atoms with E-state index >= 15 is 0 Å². The largest absolute Gasteiger partial charge is 0.481 e. The maximum Gasteiger partial charge on any atom is 0.312 e. The van der Waals surface area contributed by atoms with E-state index in [0.29, 0.717) is 6.42 Å². The van der Waals surface area contributed by atoms with Crippen LogP contribution in [0.15, 0.2) is 12.3 Å². The number of hydrogen-bond acceptors (Lipinski definition) is 4. The molecule has 0 saturated carbocycles. The third-order valence-electron chi connectivity index (χ3n) is 3.62. The van der Waals surface area contributed by atoms with Gasteiger partial charge in [-0.3, -0.25) is 9.48 Å². The average Bonchev–Trinajstić information content (AvgIpc) is 3.03. The number of rotatable bonds is 4. The molecule has 5 nitrogen and oxygen atoms in total. The Kier molecular flexibility index (Phi) is 3.56. The van der Waals surface area contributed by atoms with E-state index in [2.05, 4.69) is 17.0 Å². The molecule has 1 aliphatic rings. The van der Waals surface area contributed by atoms with Crippen LogP contribution in [0, 0.1) is 0 Å². The Bertz CT molecular complexity index is 632. The third kappa shape index (κ3) is 2.24. The van der Waals surface area contributed by atoms with Crippen LogP contribution in [0.3, 0.4) is 0 Å². The van der Waals surface area contributed by atoms with Gasteiger partial charge in [0.1, 0.15) is 10.9 Å². The van der Waals surface area contributed by atoms with E-state index in [1.165, 1.54) is 0 Å². The fourth-order valence-corrected chi connectivity index (χ4v) is 3.87. The summed E-state index contributed by atoms with van der Waals surface area (Å²) < 4.78 is 1.94. The van der Waals surface area contributed by atoms with Gasteiger partial charge in [0.2, 0.25) is 0 Å². The van der Waals surface area contributed by atoms with Crippen LogP contribution in [0.1, 0.15) is 42.7 Å². The summed E-state index contributed by atoms with van der Waals surface area (Å²) in [5.74, 6) is -1.20. The van der Waals surface area contributed by atoms with Crippen LogP contribution in [-0.2, 0) is 17.8 Å².